The molecule has 0 saturated heterocycles. The molecule has 204 valence electrons. The molecule has 2 aliphatic rings. The van der Waals surface area contributed by atoms with Gasteiger partial charge in [0.25, 0.3) is 5.69 Å². The summed E-state index contributed by atoms with van der Waals surface area (Å²) in [4.78, 5) is 29.0. The number of nitro groups is 1. The maximum atomic E-state index is 13.2. The smallest absolute Gasteiger partial charge is 0.270 e. The van der Waals surface area contributed by atoms with Gasteiger partial charge in [-0.1, -0.05) is 12.1 Å². The number of non-ortho nitro benzene ring substituents is 1. The van der Waals surface area contributed by atoms with Gasteiger partial charge in [-0.25, -0.2) is 0 Å². The van der Waals surface area contributed by atoms with E-state index in [1.807, 2.05) is 49.5 Å². The lowest BCUT2D eigenvalue weighted by atomic mass is 10.1. The highest BCUT2D eigenvalue weighted by molar-refractivity contribution is 8.00. The number of fused-ring (bicyclic) bond motifs is 2. The van der Waals surface area contributed by atoms with E-state index in [2.05, 4.69) is 4.90 Å². The van der Waals surface area contributed by atoms with E-state index in [-0.39, 0.29) is 18.4 Å². The Hall–Kier alpha value is -3.96. The van der Waals surface area contributed by atoms with Crippen LogP contribution < -0.4 is 23.8 Å². The minimum absolute atomic E-state index is 0.0746. The first kappa shape index (κ1) is 26.6. The van der Waals surface area contributed by atoms with Crippen molar-refractivity contribution in [3.05, 3.63) is 76.3 Å². The Bertz CT molecular complexity index is 1370. The molecule has 5 rings (SSSR count). The lowest BCUT2D eigenvalue weighted by molar-refractivity contribution is -0.384. The van der Waals surface area contributed by atoms with Crippen LogP contribution in [-0.4, -0.2) is 62.9 Å². The van der Waals surface area contributed by atoms with E-state index in [0.717, 1.165) is 41.6 Å². The Kier molecular flexibility index (Phi) is 8.08. The zero-order valence-corrected chi connectivity index (χ0v) is 22.5. The Labute approximate surface area is 230 Å². The first-order valence-corrected chi connectivity index (χ1v) is 13.4. The summed E-state index contributed by atoms with van der Waals surface area (Å²) < 4.78 is 22.6. The molecule has 0 unspecified atom stereocenters. The fourth-order valence-corrected chi connectivity index (χ4v) is 5.71. The number of rotatable bonds is 11. The number of nitrogens with zero attached hydrogens (tertiary/aromatic N) is 3. The average molecular weight is 552 g/mol. The summed E-state index contributed by atoms with van der Waals surface area (Å²) in [5, 5.41) is 10.8. The van der Waals surface area contributed by atoms with Crippen LogP contribution in [0.1, 0.15) is 17.2 Å². The van der Waals surface area contributed by atoms with Crippen LogP contribution in [0.25, 0.3) is 0 Å². The molecule has 2 heterocycles. The third-order valence-corrected chi connectivity index (χ3v) is 7.83. The average Bonchev–Trinajstić information content (AvgIpc) is 3.41. The first-order valence-electron chi connectivity index (χ1n) is 12.6. The van der Waals surface area contributed by atoms with Crippen molar-refractivity contribution in [1.29, 1.82) is 0 Å². The van der Waals surface area contributed by atoms with E-state index < -0.39 is 10.2 Å². The molecule has 0 bridgehead atoms. The van der Waals surface area contributed by atoms with Crippen molar-refractivity contribution in [2.45, 2.75) is 16.6 Å². The number of benzene rings is 3. The highest BCUT2D eigenvalue weighted by Gasteiger charge is 2.35. The molecule has 0 fully saturated rings. The van der Waals surface area contributed by atoms with Crippen LogP contribution in [0.4, 0.5) is 11.4 Å². The molecule has 0 spiro atoms. The van der Waals surface area contributed by atoms with Crippen LogP contribution in [0.15, 0.2) is 65.6 Å². The van der Waals surface area contributed by atoms with E-state index >= 15 is 0 Å². The van der Waals surface area contributed by atoms with Gasteiger partial charge < -0.3 is 28.7 Å². The van der Waals surface area contributed by atoms with Crippen molar-refractivity contribution in [3.8, 4) is 23.0 Å². The molecule has 0 aromatic heterocycles. The molecule has 0 radical (unpaired) electrons. The summed E-state index contributed by atoms with van der Waals surface area (Å²) >= 11 is 1.38. The number of carbonyl (C=O) groups is 1. The normalized spacial score (nSPS) is 15.8. The Morgan fingerprint density at radius 1 is 1.05 bits per heavy atom. The van der Waals surface area contributed by atoms with Gasteiger partial charge in [0.1, 0.15) is 23.4 Å². The molecule has 11 heteroatoms. The monoisotopic (exact) mass is 551 g/mol. The Morgan fingerprint density at radius 2 is 1.87 bits per heavy atom. The summed E-state index contributed by atoms with van der Waals surface area (Å²) in [5.41, 5.74) is 1.25. The van der Waals surface area contributed by atoms with Gasteiger partial charge >= 0.3 is 0 Å². The largest absolute Gasteiger partial charge is 0.493 e. The summed E-state index contributed by atoms with van der Waals surface area (Å²) in [6.07, 6.45) is 0.728. The van der Waals surface area contributed by atoms with Crippen molar-refractivity contribution >= 4 is 29.0 Å². The minimum Gasteiger partial charge on any atom is -0.493 e. The quantitative estimate of drug-likeness (QED) is 0.187. The van der Waals surface area contributed by atoms with Crippen molar-refractivity contribution in [1.82, 2.24) is 4.90 Å². The van der Waals surface area contributed by atoms with Gasteiger partial charge in [0.05, 0.1) is 17.2 Å². The van der Waals surface area contributed by atoms with Crippen LogP contribution in [-0.2, 0) is 4.79 Å². The van der Waals surface area contributed by atoms with E-state index in [1.54, 1.807) is 18.0 Å². The molecule has 0 N–H and O–H groups in total. The number of amides is 1. The van der Waals surface area contributed by atoms with E-state index in [4.69, 9.17) is 18.9 Å². The van der Waals surface area contributed by atoms with Gasteiger partial charge in [-0.2, -0.15) is 0 Å². The standard InChI is InChI=1S/C28H29N3O7S/c1-29(13-15-35-20-9-11-24-25(17-20)38-18-37-24)12-5-14-36-23-10-8-19(31(33)34)16-21(23)27-28(32)30(2)22-6-3-4-7-26(22)39-27/h3-4,6-11,16-17,27H,5,12-15,18H2,1-2H3/t27-/m1/s1. The summed E-state index contributed by atoms with van der Waals surface area (Å²) in [5.74, 6) is 2.47. The number of nitro benzene ring substituents is 1. The number of hydrogen-bond donors (Lipinski definition) is 0. The van der Waals surface area contributed by atoms with Gasteiger partial charge in [0, 0.05) is 48.8 Å². The molecular weight excluding hydrogens is 522 g/mol. The molecular formula is C28H29N3O7S. The molecule has 0 aliphatic carbocycles. The van der Waals surface area contributed by atoms with Gasteiger partial charge in [-0.15, -0.1) is 11.8 Å². The second kappa shape index (κ2) is 11.8. The molecule has 2 aliphatic heterocycles. The number of likely N-dealkylation sites (N-methyl/N-ethyl adjacent to an activating group) is 2. The minimum atomic E-state index is -0.643. The predicted molar refractivity (Wildman–Crippen MR) is 147 cm³/mol. The van der Waals surface area contributed by atoms with Gasteiger partial charge in [0.15, 0.2) is 11.5 Å². The Morgan fingerprint density at radius 3 is 2.72 bits per heavy atom. The lowest BCUT2D eigenvalue weighted by Gasteiger charge is -2.31. The first-order chi connectivity index (χ1) is 18.9. The molecule has 3 aromatic carbocycles. The fraction of sp³-hybridized carbons (Fsp3) is 0.321. The zero-order chi connectivity index (χ0) is 27.4. The number of thioether (sulfide) groups is 1. The molecule has 0 saturated carbocycles. The summed E-state index contributed by atoms with van der Waals surface area (Å²) in [7, 11) is 3.72. The topological polar surface area (TPSA) is 104 Å². The van der Waals surface area contributed by atoms with Gasteiger partial charge in [-0.3, -0.25) is 14.9 Å². The maximum absolute atomic E-state index is 13.2. The van der Waals surface area contributed by atoms with E-state index in [0.29, 0.717) is 30.3 Å². The number of anilines is 1. The highest BCUT2D eigenvalue weighted by Crippen LogP contribution is 2.48. The van der Waals surface area contributed by atoms with Gasteiger partial charge in [0.2, 0.25) is 12.7 Å². The van der Waals surface area contributed by atoms with E-state index in [9.17, 15) is 14.9 Å². The van der Waals surface area contributed by atoms with Crippen molar-refractivity contribution in [2.75, 3.05) is 52.1 Å². The fourth-order valence-electron chi connectivity index (χ4n) is 4.40. The number of ether oxygens (including phenoxy) is 4. The zero-order valence-electron chi connectivity index (χ0n) is 21.7. The Balaban J connectivity index is 1.16. The number of hydrogen-bond acceptors (Lipinski definition) is 9. The summed E-state index contributed by atoms with van der Waals surface area (Å²) in [6.45, 7) is 2.62. The van der Waals surface area contributed by atoms with Gasteiger partial charge in [-0.05, 0) is 43.8 Å². The SMILES string of the molecule is CN(CCCOc1ccc([N+](=O)[O-])cc1[C@H]1Sc2ccccc2N(C)C1=O)CCOc1ccc2c(c1)OCO2. The molecule has 1 atom stereocenters. The second-order valence-corrected chi connectivity index (χ2v) is 10.4. The maximum Gasteiger partial charge on any atom is 0.270 e. The van der Waals surface area contributed by atoms with E-state index in [1.165, 1.54) is 23.9 Å². The molecule has 10 nitrogen and oxygen atoms in total. The van der Waals surface area contributed by atoms with Crippen LogP contribution in [0.3, 0.4) is 0 Å². The molecule has 3 aromatic rings. The number of para-hydroxylation sites is 1. The second-order valence-electron chi connectivity index (χ2n) is 9.21. The predicted octanol–water partition coefficient (Wildman–Crippen LogP) is 4.91. The van der Waals surface area contributed by atoms with Crippen LogP contribution in [0.5, 0.6) is 23.0 Å². The molecule has 1 amide bonds. The van der Waals surface area contributed by atoms with Crippen molar-refractivity contribution in [3.63, 3.8) is 0 Å². The van der Waals surface area contributed by atoms with Crippen molar-refractivity contribution < 1.29 is 28.7 Å². The highest BCUT2D eigenvalue weighted by atomic mass is 32.2. The van der Waals surface area contributed by atoms with Crippen LogP contribution >= 0.6 is 11.8 Å². The third-order valence-electron chi connectivity index (χ3n) is 6.54. The number of carbonyl (C=O) groups excluding carboxylic acids is 1. The van der Waals surface area contributed by atoms with Crippen LogP contribution in [0.2, 0.25) is 0 Å². The third kappa shape index (κ3) is 6.04. The molecule has 39 heavy (non-hydrogen) atoms. The lowest BCUT2D eigenvalue weighted by Crippen LogP contribution is -2.34. The van der Waals surface area contributed by atoms with Crippen LogP contribution in [0, 0.1) is 10.1 Å². The van der Waals surface area contributed by atoms with Crippen molar-refractivity contribution in [2.24, 2.45) is 0 Å². The summed E-state index contributed by atoms with van der Waals surface area (Å²) in [6, 6.07) is 17.6.